The quantitative estimate of drug-likeness (QED) is 0.230. The maximum atomic E-state index is 14.7. The number of nitrogens with one attached hydrogen (secondary N) is 2. The van der Waals surface area contributed by atoms with Gasteiger partial charge in [0, 0.05) is 42.9 Å². The number of benzene rings is 2. The number of carbonyl (C=O) groups excluding carboxylic acids is 2. The molecule has 0 spiro atoms. The Balaban J connectivity index is 1.36. The zero-order valence-corrected chi connectivity index (χ0v) is 26.8. The molecule has 0 saturated carbocycles. The van der Waals surface area contributed by atoms with Crippen molar-refractivity contribution in [2.75, 3.05) is 17.2 Å². The highest BCUT2D eigenvalue weighted by Gasteiger charge is 2.27. The van der Waals surface area contributed by atoms with E-state index in [1.54, 1.807) is 21.7 Å². The summed E-state index contributed by atoms with van der Waals surface area (Å²) in [6.07, 6.45) is 3.24. The van der Waals surface area contributed by atoms with Gasteiger partial charge in [-0.1, -0.05) is 38.4 Å². The molecule has 45 heavy (non-hydrogen) atoms. The molecule has 10 nitrogen and oxygen atoms in total. The molecular weight excluding hydrogens is 599 g/mol. The number of amides is 3. The summed E-state index contributed by atoms with van der Waals surface area (Å²) in [5, 5.41) is 10.6. The molecule has 0 unspecified atom stereocenters. The summed E-state index contributed by atoms with van der Waals surface area (Å²) in [6, 6.07) is 12.6. The molecular formula is C33H36ClFN6O4. The zero-order valence-electron chi connectivity index (χ0n) is 26.1. The molecule has 1 aliphatic heterocycles. The van der Waals surface area contributed by atoms with Crippen LogP contribution in [0.15, 0.2) is 60.9 Å². The minimum Gasteiger partial charge on any atom is -0.456 e. The average Bonchev–Trinajstić information content (AvgIpc) is 3.37. The number of hydrogen-bond acceptors (Lipinski definition) is 6. The van der Waals surface area contributed by atoms with E-state index in [0.717, 1.165) is 22.5 Å². The molecule has 12 heteroatoms. The number of rotatable bonds is 5. The van der Waals surface area contributed by atoms with Gasteiger partial charge in [-0.2, -0.15) is 5.10 Å². The van der Waals surface area contributed by atoms with Crippen LogP contribution in [0.4, 0.5) is 25.5 Å². The molecule has 2 N–H and O–H groups in total. The highest BCUT2D eigenvalue weighted by Crippen LogP contribution is 2.30. The van der Waals surface area contributed by atoms with Gasteiger partial charge in [0.15, 0.2) is 0 Å². The van der Waals surface area contributed by atoms with Crippen LogP contribution in [0.25, 0.3) is 5.69 Å². The summed E-state index contributed by atoms with van der Waals surface area (Å²) in [7, 11) is 0. The Kier molecular flexibility index (Phi) is 8.75. The van der Waals surface area contributed by atoms with E-state index in [1.807, 2.05) is 59.7 Å². The fraction of sp³-hybridized carbons (Fsp3) is 0.333. The Hall–Kier alpha value is -4.64. The van der Waals surface area contributed by atoms with Gasteiger partial charge in [-0.25, -0.2) is 18.7 Å². The number of fused-ring (bicyclic) bond motifs is 1. The van der Waals surface area contributed by atoms with Gasteiger partial charge in [0.05, 0.1) is 28.3 Å². The van der Waals surface area contributed by atoms with E-state index < -0.39 is 17.4 Å². The summed E-state index contributed by atoms with van der Waals surface area (Å²) in [4.78, 5) is 31.5. The van der Waals surface area contributed by atoms with Crippen molar-refractivity contribution in [1.82, 2.24) is 19.7 Å². The third kappa shape index (κ3) is 7.91. The third-order valence-corrected chi connectivity index (χ3v) is 7.13. The van der Waals surface area contributed by atoms with Crippen molar-refractivity contribution < 1.29 is 23.5 Å². The van der Waals surface area contributed by atoms with Crippen LogP contribution < -0.4 is 15.4 Å². The second kappa shape index (κ2) is 12.4. The van der Waals surface area contributed by atoms with Crippen molar-refractivity contribution in [2.24, 2.45) is 0 Å². The normalized spacial score (nSPS) is 13.2. The number of hydrogen-bond donors (Lipinski definition) is 2. The second-order valence-electron chi connectivity index (χ2n) is 12.8. The van der Waals surface area contributed by atoms with Gasteiger partial charge in [-0.05, 0) is 62.6 Å². The van der Waals surface area contributed by atoms with E-state index in [1.165, 1.54) is 30.6 Å². The standard InChI is InChI=1S/C33H36ClFN6O4/c1-32(2,3)28-16-29(38-30(42)37-27-15-24(9-10-26(27)35)44-25-14-22(34)17-36-18-25)41(39-28)23-8-7-21-19-40(12-11-20(21)13-23)31(43)45-33(4,5)6/h7-10,13-18H,11-12,19H2,1-6H3,(H2,37,38,42). The van der Waals surface area contributed by atoms with Gasteiger partial charge in [0.2, 0.25) is 0 Å². The van der Waals surface area contributed by atoms with E-state index in [-0.39, 0.29) is 22.9 Å². The molecule has 0 atom stereocenters. The molecule has 4 aromatic rings. The van der Waals surface area contributed by atoms with E-state index in [9.17, 15) is 14.0 Å². The van der Waals surface area contributed by atoms with E-state index in [2.05, 4.69) is 15.6 Å². The summed E-state index contributed by atoms with van der Waals surface area (Å²) < 4.78 is 27.6. The minimum absolute atomic E-state index is 0.0783. The third-order valence-electron chi connectivity index (χ3n) is 6.92. The molecule has 0 fully saturated rings. The van der Waals surface area contributed by atoms with Crippen LogP contribution in [0.3, 0.4) is 0 Å². The number of pyridine rings is 1. The maximum Gasteiger partial charge on any atom is 0.410 e. The topological polar surface area (TPSA) is 111 Å². The van der Waals surface area contributed by atoms with Gasteiger partial charge in [0.1, 0.15) is 28.7 Å². The first-order chi connectivity index (χ1) is 21.1. The molecule has 3 heterocycles. The van der Waals surface area contributed by atoms with E-state index in [0.29, 0.717) is 36.1 Å². The van der Waals surface area contributed by atoms with Gasteiger partial charge in [0.25, 0.3) is 0 Å². The predicted molar refractivity (Wildman–Crippen MR) is 171 cm³/mol. The Bertz CT molecular complexity index is 1740. The van der Waals surface area contributed by atoms with Crippen molar-refractivity contribution >= 4 is 35.2 Å². The molecule has 0 aliphatic carbocycles. The zero-order chi connectivity index (χ0) is 32.5. The van der Waals surface area contributed by atoms with Crippen LogP contribution in [0.2, 0.25) is 5.02 Å². The predicted octanol–water partition coefficient (Wildman–Crippen LogP) is 8.09. The molecule has 0 bridgehead atoms. The molecule has 236 valence electrons. The lowest BCUT2D eigenvalue weighted by molar-refractivity contribution is 0.0224. The molecule has 2 aromatic carbocycles. The first-order valence-corrected chi connectivity index (χ1v) is 14.9. The highest BCUT2D eigenvalue weighted by atomic mass is 35.5. The molecule has 0 radical (unpaired) electrons. The number of halogens is 2. The van der Waals surface area contributed by atoms with Crippen molar-refractivity contribution in [2.45, 2.75) is 65.5 Å². The summed E-state index contributed by atoms with van der Waals surface area (Å²) in [5.74, 6) is 0.419. The molecule has 2 aromatic heterocycles. The average molecular weight is 635 g/mol. The van der Waals surface area contributed by atoms with Crippen molar-refractivity contribution in [3.63, 3.8) is 0 Å². The number of urea groups is 1. The van der Waals surface area contributed by atoms with E-state index in [4.69, 9.17) is 26.2 Å². The summed E-state index contributed by atoms with van der Waals surface area (Å²) in [5.41, 5.74) is 2.61. The largest absolute Gasteiger partial charge is 0.456 e. The monoisotopic (exact) mass is 634 g/mol. The van der Waals surface area contributed by atoms with Gasteiger partial charge < -0.3 is 19.7 Å². The Morgan fingerprint density at radius 3 is 2.42 bits per heavy atom. The van der Waals surface area contributed by atoms with Crippen LogP contribution in [0.5, 0.6) is 11.5 Å². The smallest absolute Gasteiger partial charge is 0.410 e. The van der Waals surface area contributed by atoms with Crippen molar-refractivity contribution in [3.8, 4) is 17.2 Å². The number of aromatic nitrogens is 3. The number of nitrogens with zero attached hydrogens (tertiary/aromatic N) is 4. The molecule has 1 aliphatic rings. The maximum absolute atomic E-state index is 14.7. The first kappa shape index (κ1) is 31.8. The second-order valence-corrected chi connectivity index (χ2v) is 13.3. The van der Waals surface area contributed by atoms with Crippen LogP contribution in [-0.2, 0) is 23.1 Å². The lowest BCUT2D eigenvalue weighted by Gasteiger charge is -2.31. The van der Waals surface area contributed by atoms with Crippen LogP contribution in [-0.4, -0.2) is 43.9 Å². The SMILES string of the molecule is CC(C)(C)OC(=O)N1CCc2cc(-n3nc(C(C)(C)C)cc3NC(=O)Nc3cc(Oc4cncc(Cl)c4)ccc3F)ccc2C1. The summed E-state index contributed by atoms with van der Waals surface area (Å²) >= 11 is 5.98. The Morgan fingerprint density at radius 1 is 0.933 bits per heavy atom. The lowest BCUT2D eigenvalue weighted by Crippen LogP contribution is -2.39. The van der Waals surface area contributed by atoms with Crippen LogP contribution in [0.1, 0.15) is 58.4 Å². The van der Waals surface area contributed by atoms with Crippen molar-refractivity contribution in [1.29, 1.82) is 0 Å². The molecule has 5 rings (SSSR count). The fourth-order valence-corrected chi connectivity index (χ4v) is 4.87. The van der Waals surface area contributed by atoms with Gasteiger partial charge >= 0.3 is 12.1 Å². The van der Waals surface area contributed by atoms with E-state index >= 15 is 0 Å². The number of carbonyl (C=O) groups is 2. The molecule has 3 amide bonds. The highest BCUT2D eigenvalue weighted by molar-refractivity contribution is 6.30. The lowest BCUT2D eigenvalue weighted by atomic mass is 9.92. The minimum atomic E-state index is -0.664. The van der Waals surface area contributed by atoms with Crippen LogP contribution >= 0.6 is 11.6 Å². The first-order valence-electron chi connectivity index (χ1n) is 14.5. The Labute approximate surface area is 266 Å². The Morgan fingerprint density at radius 2 is 1.71 bits per heavy atom. The fourth-order valence-electron chi connectivity index (χ4n) is 4.70. The number of anilines is 2. The number of ether oxygens (including phenoxy) is 2. The van der Waals surface area contributed by atoms with Gasteiger partial charge in [-0.15, -0.1) is 0 Å². The van der Waals surface area contributed by atoms with Crippen LogP contribution in [0, 0.1) is 5.82 Å². The van der Waals surface area contributed by atoms with Crippen molar-refractivity contribution in [3.05, 3.63) is 88.6 Å². The molecule has 0 saturated heterocycles. The van der Waals surface area contributed by atoms with Gasteiger partial charge in [-0.3, -0.25) is 10.3 Å². The summed E-state index contributed by atoms with van der Waals surface area (Å²) in [6.45, 7) is 12.6.